The van der Waals surface area contributed by atoms with Crippen LogP contribution in [0.4, 0.5) is 5.69 Å². The highest BCUT2D eigenvalue weighted by molar-refractivity contribution is 6.34. The molecule has 1 saturated heterocycles. The number of fused-ring (bicyclic) bond motifs is 6. The Kier molecular flexibility index (Phi) is 6.37. The zero-order chi connectivity index (χ0) is 29.7. The number of ether oxygens (including phenoxy) is 1. The summed E-state index contributed by atoms with van der Waals surface area (Å²) in [7, 11) is 0. The molecule has 7 nitrogen and oxygen atoms in total. The van der Waals surface area contributed by atoms with E-state index in [1.807, 2.05) is 71.8 Å². The van der Waals surface area contributed by atoms with Crippen LogP contribution in [0.3, 0.4) is 0 Å². The number of benzene rings is 4. The number of nitriles is 1. The monoisotopic (exact) mass is 585 g/mol. The number of hydrogen-bond acceptors (Lipinski definition) is 6. The second-order valence-corrected chi connectivity index (χ2v) is 11.1. The van der Waals surface area contributed by atoms with Crippen molar-refractivity contribution in [1.82, 2.24) is 4.90 Å². The van der Waals surface area contributed by atoms with Crippen LogP contribution in [0.2, 0.25) is 5.02 Å². The molecule has 3 aliphatic heterocycles. The first-order valence-corrected chi connectivity index (χ1v) is 14.2. The van der Waals surface area contributed by atoms with Gasteiger partial charge in [-0.2, -0.15) is 5.26 Å². The maximum Gasteiger partial charge on any atom is 0.238 e. The molecule has 7 rings (SSSR count). The molecule has 0 unspecified atom stereocenters. The number of nitrogens with zero attached hydrogens (tertiary/aromatic N) is 2. The van der Waals surface area contributed by atoms with Crippen molar-refractivity contribution in [3.8, 4) is 11.8 Å². The fourth-order valence-electron chi connectivity index (χ4n) is 7.06. The zero-order valence-corrected chi connectivity index (χ0v) is 23.5. The van der Waals surface area contributed by atoms with Crippen LogP contribution in [0, 0.1) is 17.2 Å². The topological polar surface area (TPSA) is 99.5 Å². The number of carbonyl (C=O) groups is 3. The molecule has 1 spiro atoms. The van der Waals surface area contributed by atoms with E-state index >= 15 is 0 Å². The molecule has 0 aromatic heterocycles. The number of nitrogens with one attached hydrogen (secondary N) is 1. The lowest BCUT2D eigenvalue weighted by Crippen LogP contribution is -2.49. The van der Waals surface area contributed by atoms with Crippen LogP contribution in [0.25, 0.3) is 6.08 Å². The number of Topliss-reactive ketones (excluding diaryl/α,β-unsaturated/α-hetero) is 2. The summed E-state index contributed by atoms with van der Waals surface area (Å²) in [5.74, 6) is -2.11. The SMILES string of the molecule is N#CCOc1ccccc1C(=O)[C@@H]1[C@H](C(=O)c2ccccc2Cl)[C@@]2(C(=O)Nc3ccccc32)[C@H]2c3ccccc3C=CN12. The van der Waals surface area contributed by atoms with E-state index in [0.717, 1.165) is 11.1 Å². The predicted molar refractivity (Wildman–Crippen MR) is 162 cm³/mol. The minimum Gasteiger partial charge on any atom is -0.478 e. The number of halogens is 1. The summed E-state index contributed by atoms with van der Waals surface area (Å²) in [5.41, 5.74) is 1.95. The maximum absolute atomic E-state index is 14.9. The second kappa shape index (κ2) is 10.3. The third-order valence-electron chi connectivity index (χ3n) is 8.71. The van der Waals surface area contributed by atoms with Gasteiger partial charge in [0.1, 0.15) is 23.3 Å². The first kappa shape index (κ1) is 26.7. The van der Waals surface area contributed by atoms with Gasteiger partial charge in [0, 0.05) is 17.5 Å². The fraction of sp³-hybridized carbons (Fsp3) is 0.143. The molecule has 3 aliphatic rings. The Bertz CT molecular complexity index is 1900. The largest absolute Gasteiger partial charge is 0.478 e. The lowest BCUT2D eigenvalue weighted by atomic mass is 9.62. The first-order valence-electron chi connectivity index (χ1n) is 13.9. The van der Waals surface area contributed by atoms with Gasteiger partial charge in [-0.1, -0.05) is 78.3 Å². The molecule has 1 fully saturated rings. The van der Waals surface area contributed by atoms with E-state index < -0.39 is 35.0 Å². The summed E-state index contributed by atoms with van der Waals surface area (Å²) in [6.45, 7) is -0.254. The highest BCUT2D eigenvalue weighted by Gasteiger charge is 2.71. The van der Waals surface area contributed by atoms with Gasteiger partial charge in [-0.15, -0.1) is 0 Å². The highest BCUT2D eigenvalue weighted by Crippen LogP contribution is 2.62. The zero-order valence-electron chi connectivity index (χ0n) is 22.7. The third kappa shape index (κ3) is 3.84. The summed E-state index contributed by atoms with van der Waals surface area (Å²) in [6, 6.07) is 28.6. The van der Waals surface area contributed by atoms with Gasteiger partial charge in [0.25, 0.3) is 0 Å². The van der Waals surface area contributed by atoms with Gasteiger partial charge in [-0.25, -0.2) is 0 Å². The van der Waals surface area contributed by atoms with Gasteiger partial charge in [0.15, 0.2) is 18.2 Å². The minimum absolute atomic E-state index is 0.217. The molecule has 4 atom stereocenters. The number of para-hydroxylation sites is 2. The molecule has 0 bridgehead atoms. The highest BCUT2D eigenvalue weighted by atomic mass is 35.5. The second-order valence-electron chi connectivity index (χ2n) is 10.7. The van der Waals surface area contributed by atoms with Gasteiger partial charge in [0.2, 0.25) is 5.91 Å². The molecule has 1 amide bonds. The third-order valence-corrected chi connectivity index (χ3v) is 9.04. The molecule has 0 aliphatic carbocycles. The molecule has 1 N–H and O–H groups in total. The Labute approximate surface area is 253 Å². The number of ketones is 2. The summed E-state index contributed by atoms with van der Waals surface area (Å²) in [4.78, 5) is 46.1. The molecule has 43 heavy (non-hydrogen) atoms. The first-order chi connectivity index (χ1) is 21.0. The van der Waals surface area contributed by atoms with Crippen LogP contribution in [0.5, 0.6) is 5.75 Å². The Hall–Kier alpha value is -5.19. The number of carbonyl (C=O) groups excluding carboxylic acids is 3. The Morgan fingerprint density at radius 3 is 2.42 bits per heavy atom. The summed E-state index contributed by atoms with van der Waals surface area (Å²) in [6.07, 6.45) is 3.71. The van der Waals surface area contributed by atoms with Crippen LogP contribution in [0.15, 0.2) is 103 Å². The maximum atomic E-state index is 14.9. The molecule has 210 valence electrons. The van der Waals surface area contributed by atoms with Crippen LogP contribution in [0.1, 0.15) is 43.4 Å². The normalized spacial score (nSPS) is 22.7. The molecule has 0 saturated carbocycles. The van der Waals surface area contributed by atoms with Crippen molar-refractivity contribution in [2.24, 2.45) is 5.92 Å². The minimum atomic E-state index is -1.48. The van der Waals surface area contributed by atoms with Gasteiger partial charge in [-0.3, -0.25) is 14.4 Å². The molecule has 4 aromatic rings. The van der Waals surface area contributed by atoms with Crippen molar-refractivity contribution < 1.29 is 19.1 Å². The molecule has 4 aromatic carbocycles. The van der Waals surface area contributed by atoms with Crippen molar-refractivity contribution >= 4 is 40.8 Å². The van der Waals surface area contributed by atoms with E-state index in [2.05, 4.69) is 5.32 Å². The molecule has 0 radical (unpaired) electrons. The van der Waals surface area contributed by atoms with Crippen molar-refractivity contribution in [2.45, 2.75) is 17.5 Å². The van der Waals surface area contributed by atoms with Crippen molar-refractivity contribution in [3.05, 3.63) is 136 Å². The van der Waals surface area contributed by atoms with Crippen LogP contribution in [-0.4, -0.2) is 35.0 Å². The van der Waals surface area contributed by atoms with E-state index in [1.165, 1.54) is 0 Å². The van der Waals surface area contributed by atoms with Crippen LogP contribution >= 0.6 is 11.6 Å². The van der Waals surface area contributed by atoms with E-state index in [-0.39, 0.29) is 34.4 Å². The number of anilines is 1. The van der Waals surface area contributed by atoms with Crippen molar-refractivity contribution in [2.75, 3.05) is 11.9 Å². The van der Waals surface area contributed by atoms with E-state index in [1.54, 1.807) is 48.5 Å². The Morgan fingerprint density at radius 1 is 0.907 bits per heavy atom. The van der Waals surface area contributed by atoms with Gasteiger partial charge >= 0.3 is 0 Å². The molecule has 8 heteroatoms. The average Bonchev–Trinajstić information content (AvgIpc) is 3.52. The Balaban J connectivity index is 1.53. The van der Waals surface area contributed by atoms with Gasteiger partial charge < -0.3 is 15.0 Å². The van der Waals surface area contributed by atoms with Crippen LogP contribution in [-0.2, 0) is 10.2 Å². The van der Waals surface area contributed by atoms with Crippen molar-refractivity contribution in [3.63, 3.8) is 0 Å². The number of rotatable bonds is 6. The van der Waals surface area contributed by atoms with Gasteiger partial charge in [-0.05, 0) is 53.1 Å². The quantitative estimate of drug-likeness (QED) is 0.270. The average molecular weight is 586 g/mol. The summed E-state index contributed by atoms with van der Waals surface area (Å²) >= 11 is 6.61. The van der Waals surface area contributed by atoms with Crippen LogP contribution < -0.4 is 10.1 Å². The van der Waals surface area contributed by atoms with E-state index in [9.17, 15) is 14.4 Å². The lowest BCUT2D eigenvalue weighted by molar-refractivity contribution is -0.122. The number of hydrogen-bond donors (Lipinski definition) is 1. The molecular formula is C35H24ClN3O4. The predicted octanol–water partition coefficient (Wildman–Crippen LogP) is 6.22. The summed E-state index contributed by atoms with van der Waals surface area (Å²) in [5, 5.41) is 12.4. The Morgan fingerprint density at radius 2 is 1.60 bits per heavy atom. The smallest absolute Gasteiger partial charge is 0.238 e. The van der Waals surface area contributed by atoms with Crippen molar-refractivity contribution in [1.29, 1.82) is 5.26 Å². The van der Waals surface area contributed by atoms with E-state index in [4.69, 9.17) is 21.6 Å². The van der Waals surface area contributed by atoms with E-state index in [0.29, 0.717) is 11.3 Å². The molecule has 3 heterocycles. The number of amides is 1. The lowest BCUT2D eigenvalue weighted by Gasteiger charge is -2.38. The summed E-state index contributed by atoms with van der Waals surface area (Å²) < 4.78 is 5.65. The standard InChI is InChI=1S/C35H24ClN3O4/c36-26-14-6-3-11-23(26)31(40)29-30(32(41)24-12-4-8-16-28(24)43-20-18-37)39-19-17-21-9-1-2-10-22(21)33(39)35(29)25-13-5-7-15-27(25)38-34(35)42/h1-17,19,29-30,33H,20H2,(H,38,42)/t29-,30+,33-,35-/m1/s1. The van der Waals surface area contributed by atoms with Gasteiger partial charge in [0.05, 0.1) is 22.5 Å². The fourth-order valence-corrected chi connectivity index (χ4v) is 7.29. The molecular weight excluding hydrogens is 562 g/mol.